The Balaban J connectivity index is 2.06. The third-order valence-electron chi connectivity index (χ3n) is 3.75. The summed E-state index contributed by atoms with van der Waals surface area (Å²) in [5, 5.41) is 2.92. The molecular formula is C14H18ClNO3S. The van der Waals surface area contributed by atoms with E-state index in [1.165, 1.54) is 43.9 Å². The number of benzene rings is 1. The van der Waals surface area contributed by atoms with Gasteiger partial charge in [-0.2, -0.15) is 0 Å². The third kappa shape index (κ3) is 3.73. The number of aryl methyl sites for hydroxylation is 1. The molecule has 1 fully saturated rings. The minimum atomic E-state index is -3.75. The summed E-state index contributed by atoms with van der Waals surface area (Å²) in [6.45, 7) is 2.39. The lowest BCUT2D eigenvalue weighted by Gasteiger charge is -2.12. The predicted molar refractivity (Wildman–Crippen MR) is 78.5 cm³/mol. The van der Waals surface area contributed by atoms with E-state index in [0.29, 0.717) is 23.6 Å². The van der Waals surface area contributed by atoms with E-state index in [1.54, 1.807) is 6.92 Å². The van der Waals surface area contributed by atoms with Gasteiger partial charge in [0, 0.05) is 22.8 Å². The van der Waals surface area contributed by atoms with Crippen LogP contribution in [0.25, 0.3) is 0 Å². The Bertz CT molecular complexity index is 607. The Morgan fingerprint density at radius 2 is 2.00 bits per heavy atom. The fraction of sp³-hybridized carbons (Fsp3) is 0.500. The highest BCUT2D eigenvalue weighted by Crippen LogP contribution is 2.24. The molecule has 0 bridgehead atoms. The first-order valence-corrected chi connectivity index (χ1v) is 9.02. The van der Waals surface area contributed by atoms with Gasteiger partial charge in [0.2, 0.25) is 0 Å². The fourth-order valence-electron chi connectivity index (χ4n) is 2.59. The number of halogens is 1. The zero-order chi connectivity index (χ0) is 14.8. The molecule has 110 valence electrons. The molecule has 0 atom stereocenters. The van der Waals surface area contributed by atoms with Crippen molar-refractivity contribution >= 4 is 25.6 Å². The van der Waals surface area contributed by atoms with Gasteiger partial charge in [-0.05, 0) is 49.4 Å². The van der Waals surface area contributed by atoms with Gasteiger partial charge in [-0.25, -0.2) is 8.42 Å². The molecule has 1 aromatic rings. The molecule has 20 heavy (non-hydrogen) atoms. The zero-order valence-corrected chi connectivity index (χ0v) is 12.9. The lowest BCUT2D eigenvalue weighted by Crippen LogP contribution is -2.28. The first-order chi connectivity index (χ1) is 9.38. The first kappa shape index (κ1) is 15.3. The molecule has 1 saturated carbocycles. The Labute approximate surface area is 123 Å². The van der Waals surface area contributed by atoms with Crippen LogP contribution in [0.3, 0.4) is 0 Å². The molecule has 1 aromatic carbocycles. The Hall–Kier alpha value is -1.07. The summed E-state index contributed by atoms with van der Waals surface area (Å²) in [4.78, 5) is 12.1. The molecule has 2 rings (SSSR count). The van der Waals surface area contributed by atoms with E-state index in [2.05, 4.69) is 5.32 Å². The number of hydrogen-bond acceptors (Lipinski definition) is 3. The second-order valence-electron chi connectivity index (χ2n) is 5.28. The van der Waals surface area contributed by atoms with Crippen molar-refractivity contribution in [1.29, 1.82) is 0 Å². The molecule has 0 spiro atoms. The van der Waals surface area contributed by atoms with Crippen LogP contribution < -0.4 is 5.32 Å². The summed E-state index contributed by atoms with van der Waals surface area (Å²) in [5.41, 5.74) is 1.10. The lowest BCUT2D eigenvalue weighted by molar-refractivity contribution is 0.0946. The van der Waals surface area contributed by atoms with Crippen LogP contribution in [-0.4, -0.2) is 20.9 Å². The van der Waals surface area contributed by atoms with Gasteiger partial charge in [0.05, 0.1) is 4.90 Å². The molecule has 1 aliphatic carbocycles. The molecule has 0 unspecified atom stereocenters. The zero-order valence-electron chi connectivity index (χ0n) is 11.4. The maximum Gasteiger partial charge on any atom is 0.261 e. The van der Waals surface area contributed by atoms with Gasteiger partial charge in [-0.1, -0.05) is 12.8 Å². The van der Waals surface area contributed by atoms with Crippen molar-refractivity contribution in [3.63, 3.8) is 0 Å². The van der Waals surface area contributed by atoms with Crippen LogP contribution in [0.4, 0.5) is 0 Å². The van der Waals surface area contributed by atoms with Gasteiger partial charge < -0.3 is 5.32 Å². The fourth-order valence-corrected chi connectivity index (χ4v) is 3.43. The molecule has 4 nitrogen and oxygen atoms in total. The van der Waals surface area contributed by atoms with Crippen LogP contribution in [0.15, 0.2) is 23.1 Å². The number of amides is 1. The van der Waals surface area contributed by atoms with Crippen LogP contribution in [0.1, 0.15) is 41.6 Å². The summed E-state index contributed by atoms with van der Waals surface area (Å²) >= 11 is 0. The Morgan fingerprint density at radius 1 is 1.35 bits per heavy atom. The first-order valence-electron chi connectivity index (χ1n) is 6.71. The van der Waals surface area contributed by atoms with Crippen molar-refractivity contribution in [2.75, 3.05) is 6.54 Å². The Morgan fingerprint density at radius 3 is 2.55 bits per heavy atom. The van der Waals surface area contributed by atoms with E-state index in [0.717, 1.165) is 0 Å². The van der Waals surface area contributed by atoms with Crippen molar-refractivity contribution in [2.45, 2.75) is 37.5 Å². The highest BCUT2D eigenvalue weighted by molar-refractivity contribution is 8.13. The maximum absolute atomic E-state index is 12.1. The summed E-state index contributed by atoms with van der Waals surface area (Å²) in [6.07, 6.45) is 4.81. The standard InChI is InChI=1S/C14H18ClNO3S/c1-10-8-12(20(15,18)19)6-7-13(10)14(17)16-9-11-4-2-3-5-11/h6-8,11H,2-5,9H2,1H3,(H,16,17). The number of carbonyl (C=O) groups is 1. The van der Waals surface area contributed by atoms with Crippen LogP contribution >= 0.6 is 10.7 Å². The van der Waals surface area contributed by atoms with Gasteiger partial charge in [-0.15, -0.1) is 0 Å². The monoisotopic (exact) mass is 315 g/mol. The largest absolute Gasteiger partial charge is 0.352 e. The molecule has 0 heterocycles. The predicted octanol–water partition coefficient (Wildman–Crippen LogP) is 2.84. The van der Waals surface area contributed by atoms with Crippen LogP contribution in [0, 0.1) is 12.8 Å². The van der Waals surface area contributed by atoms with Crippen LogP contribution in [-0.2, 0) is 9.05 Å². The van der Waals surface area contributed by atoms with Gasteiger partial charge in [0.15, 0.2) is 0 Å². The third-order valence-corrected chi connectivity index (χ3v) is 5.10. The highest BCUT2D eigenvalue weighted by Gasteiger charge is 2.18. The molecule has 0 radical (unpaired) electrons. The molecule has 0 saturated heterocycles. The second kappa shape index (κ2) is 6.14. The van der Waals surface area contributed by atoms with Crippen LogP contribution in [0.2, 0.25) is 0 Å². The van der Waals surface area contributed by atoms with E-state index in [9.17, 15) is 13.2 Å². The van der Waals surface area contributed by atoms with Crippen molar-refractivity contribution in [3.8, 4) is 0 Å². The van der Waals surface area contributed by atoms with Crippen molar-refractivity contribution < 1.29 is 13.2 Å². The average Bonchev–Trinajstić information content (AvgIpc) is 2.87. The summed E-state index contributed by atoms with van der Waals surface area (Å²) in [5.74, 6) is 0.412. The van der Waals surface area contributed by atoms with Gasteiger partial charge in [-0.3, -0.25) is 4.79 Å². The Kier molecular flexibility index (Phi) is 4.70. The maximum atomic E-state index is 12.1. The van der Waals surface area contributed by atoms with Crippen LogP contribution in [0.5, 0.6) is 0 Å². The van der Waals surface area contributed by atoms with E-state index >= 15 is 0 Å². The molecule has 0 aliphatic heterocycles. The number of carbonyl (C=O) groups excluding carboxylic acids is 1. The summed E-state index contributed by atoms with van der Waals surface area (Å²) < 4.78 is 22.5. The number of nitrogens with one attached hydrogen (secondary N) is 1. The van der Waals surface area contributed by atoms with Crippen molar-refractivity contribution in [3.05, 3.63) is 29.3 Å². The summed E-state index contributed by atoms with van der Waals surface area (Å²) in [6, 6.07) is 4.29. The molecule has 1 N–H and O–H groups in total. The van der Waals surface area contributed by atoms with Gasteiger partial charge >= 0.3 is 0 Å². The average molecular weight is 316 g/mol. The molecule has 1 aliphatic rings. The quantitative estimate of drug-likeness (QED) is 0.869. The molecule has 0 aromatic heterocycles. The lowest BCUT2D eigenvalue weighted by atomic mass is 10.1. The van der Waals surface area contributed by atoms with Crippen molar-refractivity contribution in [2.24, 2.45) is 5.92 Å². The second-order valence-corrected chi connectivity index (χ2v) is 7.84. The number of hydrogen-bond donors (Lipinski definition) is 1. The van der Waals surface area contributed by atoms with E-state index < -0.39 is 9.05 Å². The summed E-state index contributed by atoms with van der Waals surface area (Å²) in [7, 11) is 1.53. The van der Waals surface area contributed by atoms with Gasteiger partial charge in [0.25, 0.3) is 15.0 Å². The normalized spacial score (nSPS) is 16.3. The SMILES string of the molecule is Cc1cc(S(=O)(=O)Cl)ccc1C(=O)NCC1CCCC1. The minimum Gasteiger partial charge on any atom is -0.352 e. The smallest absolute Gasteiger partial charge is 0.261 e. The van der Waals surface area contributed by atoms with Crippen molar-refractivity contribution in [1.82, 2.24) is 5.32 Å². The van der Waals surface area contributed by atoms with E-state index in [-0.39, 0.29) is 10.8 Å². The molecular weight excluding hydrogens is 298 g/mol. The topological polar surface area (TPSA) is 63.2 Å². The molecule has 1 amide bonds. The van der Waals surface area contributed by atoms with E-state index in [4.69, 9.17) is 10.7 Å². The van der Waals surface area contributed by atoms with Gasteiger partial charge in [0.1, 0.15) is 0 Å². The highest BCUT2D eigenvalue weighted by atomic mass is 35.7. The number of rotatable bonds is 4. The minimum absolute atomic E-state index is 0.0176. The molecule has 6 heteroatoms. The van der Waals surface area contributed by atoms with E-state index in [1.807, 2.05) is 0 Å².